The molecule has 1 N–H and O–H groups in total. The van der Waals surface area contributed by atoms with Gasteiger partial charge in [0.25, 0.3) is 0 Å². The second-order valence-corrected chi connectivity index (χ2v) is 5.68. The Hall–Kier alpha value is -1.30. The number of urea groups is 1. The van der Waals surface area contributed by atoms with Crippen LogP contribution in [0.1, 0.15) is 20.3 Å². The van der Waals surface area contributed by atoms with E-state index in [0.717, 1.165) is 0 Å². The van der Waals surface area contributed by atoms with Gasteiger partial charge in [-0.1, -0.05) is 0 Å². The molecule has 6 nitrogen and oxygen atoms in total. The van der Waals surface area contributed by atoms with E-state index in [2.05, 4.69) is 0 Å². The molecule has 2 fully saturated rings. The predicted molar refractivity (Wildman–Crippen MR) is 64.3 cm³/mol. The van der Waals surface area contributed by atoms with Crippen molar-refractivity contribution in [2.24, 2.45) is 5.92 Å². The Morgan fingerprint density at radius 2 is 2.00 bits per heavy atom. The first-order valence-electron chi connectivity index (χ1n) is 6.27. The molecule has 6 heteroatoms. The van der Waals surface area contributed by atoms with Crippen LogP contribution in [0.5, 0.6) is 0 Å². The number of carboxylic acid groups (broad SMARTS) is 1. The quantitative estimate of drug-likeness (QED) is 0.786. The minimum atomic E-state index is -0.792. The van der Waals surface area contributed by atoms with Gasteiger partial charge in [0.15, 0.2) is 0 Å². The molecule has 2 aliphatic heterocycles. The van der Waals surface area contributed by atoms with Gasteiger partial charge in [-0.15, -0.1) is 0 Å². The number of rotatable bonds is 2. The van der Waals surface area contributed by atoms with Gasteiger partial charge < -0.3 is 19.6 Å². The summed E-state index contributed by atoms with van der Waals surface area (Å²) in [7, 11) is 0. The fourth-order valence-corrected chi connectivity index (χ4v) is 2.48. The lowest BCUT2D eigenvalue weighted by molar-refractivity contribution is -0.139. The Balaban J connectivity index is 1.81. The van der Waals surface area contributed by atoms with Crippen LogP contribution in [0.4, 0.5) is 4.79 Å². The Morgan fingerprint density at radius 1 is 1.33 bits per heavy atom. The van der Waals surface area contributed by atoms with E-state index in [1.807, 2.05) is 13.8 Å². The number of morpholine rings is 1. The highest BCUT2D eigenvalue weighted by Crippen LogP contribution is 2.23. The summed E-state index contributed by atoms with van der Waals surface area (Å²) in [6.45, 7) is 6.82. The number of hydrogen-bond donors (Lipinski definition) is 1. The summed E-state index contributed by atoms with van der Waals surface area (Å²) in [5.74, 6) is -0.680. The first-order valence-corrected chi connectivity index (χ1v) is 6.27. The molecule has 2 heterocycles. The summed E-state index contributed by atoms with van der Waals surface area (Å²) >= 11 is 0. The van der Waals surface area contributed by atoms with Crippen LogP contribution in [0.15, 0.2) is 0 Å². The maximum Gasteiger partial charge on any atom is 0.320 e. The van der Waals surface area contributed by atoms with E-state index in [4.69, 9.17) is 9.84 Å². The minimum absolute atomic E-state index is 0.00742. The lowest BCUT2D eigenvalue weighted by Gasteiger charge is -2.45. The molecule has 2 aliphatic rings. The average molecular weight is 256 g/mol. The number of aliphatic carboxylic acids is 1. The number of carbonyl (C=O) groups is 2. The van der Waals surface area contributed by atoms with E-state index in [1.54, 1.807) is 9.80 Å². The summed E-state index contributed by atoms with van der Waals surface area (Å²) in [5.41, 5.74) is -0.292. The molecule has 0 saturated carbocycles. The molecule has 2 rings (SSSR count). The van der Waals surface area contributed by atoms with E-state index in [-0.39, 0.29) is 24.0 Å². The van der Waals surface area contributed by atoms with Crippen LogP contribution in [-0.2, 0) is 9.53 Å². The molecular weight excluding hydrogens is 236 g/mol. The zero-order chi connectivity index (χ0) is 13.3. The fraction of sp³-hybridized carbons (Fsp3) is 0.833. The summed E-state index contributed by atoms with van der Waals surface area (Å²) in [6.07, 6.45) is 0.151. The molecule has 0 aromatic heterocycles. The molecule has 0 aromatic rings. The maximum atomic E-state index is 12.1. The third-order valence-corrected chi connectivity index (χ3v) is 3.39. The van der Waals surface area contributed by atoms with E-state index in [9.17, 15) is 9.59 Å². The summed E-state index contributed by atoms with van der Waals surface area (Å²) in [4.78, 5) is 26.2. The zero-order valence-electron chi connectivity index (χ0n) is 10.9. The van der Waals surface area contributed by atoms with Crippen molar-refractivity contribution in [1.29, 1.82) is 0 Å². The van der Waals surface area contributed by atoms with Crippen molar-refractivity contribution >= 4 is 12.0 Å². The molecule has 0 unspecified atom stereocenters. The van der Waals surface area contributed by atoms with Crippen LogP contribution in [-0.4, -0.2) is 65.3 Å². The summed E-state index contributed by atoms with van der Waals surface area (Å²) in [6, 6.07) is 0.00742. The van der Waals surface area contributed by atoms with Gasteiger partial charge in [-0.05, 0) is 13.8 Å². The topological polar surface area (TPSA) is 70.1 Å². The molecule has 0 aromatic carbocycles. The number of carboxylic acids is 1. The normalized spacial score (nSPS) is 23.7. The van der Waals surface area contributed by atoms with Crippen LogP contribution in [0.2, 0.25) is 0 Å². The highest BCUT2D eigenvalue weighted by molar-refractivity contribution is 5.76. The highest BCUT2D eigenvalue weighted by atomic mass is 16.5. The van der Waals surface area contributed by atoms with Crippen LogP contribution in [0.3, 0.4) is 0 Å². The highest BCUT2D eigenvalue weighted by Gasteiger charge is 2.37. The standard InChI is InChI=1S/C12H20N2O4/c1-12(2)8-13(3-4-18-12)11(17)14-6-9(7-14)5-10(15)16/h9H,3-8H2,1-2H3,(H,15,16). The van der Waals surface area contributed by atoms with Crippen molar-refractivity contribution in [2.45, 2.75) is 25.9 Å². The lowest BCUT2D eigenvalue weighted by Crippen LogP contribution is -2.59. The van der Waals surface area contributed by atoms with Gasteiger partial charge in [0.2, 0.25) is 0 Å². The average Bonchev–Trinajstić information content (AvgIpc) is 2.20. The zero-order valence-corrected chi connectivity index (χ0v) is 10.9. The van der Waals surface area contributed by atoms with E-state index >= 15 is 0 Å². The molecule has 2 saturated heterocycles. The maximum absolute atomic E-state index is 12.1. The van der Waals surface area contributed by atoms with Gasteiger partial charge in [0.05, 0.1) is 25.2 Å². The first kappa shape index (κ1) is 13.1. The fourth-order valence-electron chi connectivity index (χ4n) is 2.48. The van der Waals surface area contributed by atoms with Gasteiger partial charge in [0.1, 0.15) is 0 Å². The number of amides is 2. The third-order valence-electron chi connectivity index (χ3n) is 3.39. The molecule has 18 heavy (non-hydrogen) atoms. The first-order chi connectivity index (χ1) is 8.37. The predicted octanol–water partition coefficient (Wildman–Crippen LogP) is 0.624. The van der Waals surface area contributed by atoms with Crippen molar-refractivity contribution in [3.8, 4) is 0 Å². The molecule has 0 spiro atoms. The smallest absolute Gasteiger partial charge is 0.320 e. The van der Waals surface area contributed by atoms with E-state index in [0.29, 0.717) is 32.8 Å². The Morgan fingerprint density at radius 3 is 2.56 bits per heavy atom. The molecule has 0 aliphatic carbocycles. The van der Waals surface area contributed by atoms with Gasteiger partial charge in [0, 0.05) is 25.6 Å². The van der Waals surface area contributed by atoms with Gasteiger partial charge in [-0.2, -0.15) is 0 Å². The van der Waals surface area contributed by atoms with Gasteiger partial charge >= 0.3 is 12.0 Å². The summed E-state index contributed by atoms with van der Waals surface area (Å²) < 4.78 is 5.56. The summed E-state index contributed by atoms with van der Waals surface area (Å²) in [5, 5.41) is 8.66. The molecule has 2 amide bonds. The van der Waals surface area contributed by atoms with Crippen LogP contribution < -0.4 is 0 Å². The molecule has 0 radical (unpaired) electrons. The Bertz CT molecular complexity index is 350. The molecule has 0 bridgehead atoms. The number of carbonyl (C=O) groups excluding carboxylic acids is 1. The molecule has 102 valence electrons. The van der Waals surface area contributed by atoms with Crippen LogP contribution in [0, 0.1) is 5.92 Å². The van der Waals surface area contributed by atoms with Gasteiger partial charge in [-0.3, -0.25) is 4.79 Å². The van der Waals surface area contributed by atoms with Crippen molar-refractivity contribution in [1.82, 2.24) is 9.80 Å². The SMILES string of the molecule is CC1(C)CN(C(=O)N2CC(CC(=O)O)C2)CCO1. The second-order valence-electron chi connectivity index (χ2n) is 5.68. The Kier molecular flexibility index (Phi) is 3.47. The number of ether oxygens (including phenoxy) is 1. The van der Waals surface area contributed by atoms with E-state index in [1.165, 1.54) is 0 Å². The Labute approximate surface area is 106 Å². The molecular formula is C12H20N2O4. The van der Waals surface area contributed by atoms with Gasteiger partial charge in [-0.25, -0.2) is 4.79 Å². The van der Waals surface area contributed by atoms with Crippen molar-refractivity contribution < 1.29 is 19.4 Å². The molecule has 0 atom stereocenters. The monoisotopic (exact) mass is 256 g/mol. The number of likely N-dealkylation sites (tertiary alicyclic amines) is 1. The lowest BCUT2D eigenvalue weighted by atomic mass is 9.97. The second kappa shape index (κ2) is 4.76. The van der Waals surface area contributed by atoms with Crippen LogP contribution >= 0.6 is 0 Å². The number of hydrogen-bond acceptors (Lipinski definition) is 3. The largest absolute Gasteiger partial charge is 0.481 e. The number of nitrogens with zero attached hydrogens (tertiary/aromatic N) is 2. The van der Waals surface area contributed by atoms with Crippen molar-refractivity contribution in [3.05, 3.63) is 0 Å². The van der Waals surface area contributed by atoms with E-state index < -0.39 is 5.97 Å². The minimum Gasteiger partial charge on any atom is -0.481 e. The van der Waals surface area contributed by atoms with Crippen molar-refractivity contribution in [2.75, 3.05) is 32.8 Å². The van der Waals surface area contributed by atoms with Crippen LogP contribution in [0.25, 0.3) is 0 Å². The third kappa shape index (κ3) is 2.93. The van der Waals surface area contributed by atoms with Crippen molar-refractivity contribution in [3.63, 3.8) is 0 Å².